The molecule has 1 heterocycles. The Morgan fingerprint density at radius 3 is 3.12 bits per heavy atom. The molecule has 1 aromatic rings. The summed E-state index contributed by atoms with van der Waals surface area (Å²) in [6.07, 6.45) is 1.44. The molecule has 1 N–H and O–H groups in total. The maximum absolute atomic E-state index is 11.4. The minimum absolute atomic E-state index is 0.127. The van der Waals surface area contributed by atoms with Gasteiger partial charge in [0, 0.05) is 18.2 Å². The summed E-state index contributed by atoms with van der Waals surface area (Å²) in [5.41, 5.74) is 1.27. The Bertz CT molecular complexity index is 420. The molecule has 0 saturated heterocycles. The number of benzene rings is 1. The third-order valence-electron chi connectivity index (χ3n) is 2.86. The normalized spacial score (nSPS) is 18.4. The Balaban J connectivity index is 2.11. The van der Waals surface area contributed by atoms with Crippen LogP contribution in [0.4, 0.5) is 0 Å². The first kappa shape index (κ1) is 12.3. The molecule has 3 nitrogen and oxygen atoms in total. The number of carbonyl (C=O) groups is 1. The Hall–Kier alpha value is -1.16. The average Bonchev–Trinajstić information content (AvgIpc) is 2.37. The Labute approximate surface area is 106 Å². The monoisotopic (exact) mass is 251 g/mol. The smallest absolute Gasteiger partial charge is 0.219 e. The first-order chi connectivity index (χ1) is 8.24. The first-order valence-electron chi connectivity index (χ1n) is 5.82. The van der Waals surface area contributed by atoms with Crippen molar-refractivity contribution in [3.05, 3.63) is 23.8 Å². The molecule has 0 aromatic heterocycles. The highest BCUT2D eigenvalue weighted by molar-refractivity contribution is 7.99. The molecule has 1 amide bonds. The molecule has 92 valence electrons. The molecule has 0 aliphatic carbocycles. The second-order valence-electron chi connectivity index (χ2n) is 4.08. The molecule has 1 aliphatic heterocycles. The molecule has 0 bridgehead atoms. The molecule has 1 aromatic carbocycles. The van der Waals surface area contributed by atoms with E-state index in [9.17, 15) is 4.79 Å². The number of nitrogens with one attached hydrogen (secondary N) is 1. The van der Waals surface area contributed by atoms with Crippen molar-refractivity contribution in [3.8, 4) is 5.75 Å². The average molecular weight is 251 g/mol. The third kappa shape index (κ3) is 2.75. The van der Waals surface area contributed by atoms with Crippen LogP contribution in [0.15, 0.2) is 23.1 Å². The fourth-order valence-electron chi connectivity index (χ4n) is 1.98. The molecular weight excluding hydrogens is 234 g/mol. The third-order valence-corrected chi connectivity index (χ3v) is 4.18. The van der Waals surface area contributed by atoms with Crippen molar-refractivity contribution in [1.82, 2.24) is 5.32 Å². The predicted molar refractivity (Wildman–Crippen MR) is 69.6 cm³/mol. The molecule has 4 heteroatoms. The topological polar surface area (TPSA) is 38.3 Å². The van der Waals surface area contributed by atoms with E-state index in [0.29, 0.717) is 6.42 Å². The van der Waals surface area contributed by atoms with Gasteiger partial charge in [-0.25, -0.2) is 0 Å². The number of ether oxygens (including phenoxy) is 1. The van der Waals surface area contributed by atoms with Crippen LogP contribution in [0.5, 0.6) is 5.75 Å². The summed E-state index contributed by atoms with van der Waals surface area (Å²) in [6.45, 7) is 1.88. The second-order valence-corrected chi connectivity index (χ2v) is 5.11. The largest absolute Gasteiger partial charge is 0.496 e. The minimum atomic E-state index is 0.127. The van der Waals surface area contributed by atoms with Crippen LogP contribution >= 0.6 is 11.8 Å². The van der Waals surface area contributed by atoms with Crippen LogP contribution in [0.25, 0.3) is 0 Å². The molecule has 0 fully saturated rings. The SMILES string of the molecule is CCC(=O)NC1CSc2c(cccc2OC)C1. The van der Waals surface area contributed by atoms with Crippen molar-refractivity contribution in [1.29, 1.82) is 0 Å². The van der Waals surface area contributed by atoms with Gasteiger partial charge in [0.2, 0.25) is 5.91 Å². The lowest BCUT2D eigenvalue weighted by atomic mass is 10.1. The quantitative estimate of drug-likeness (QED) is 0.895. The predicted octanol–water partition coefficient (Wildman–Crippen LogP) is 2.24. The maximum atomic E-state index is 11.4. The zero-order valence-electron chi connectivity index (χ0n) is 10.2. The van der Waals surface area contributed by atoms with Gasteiger partial charge in [0.05, 0.1) is 12.0 Å². The van der Waals surface area contributed by atoms with Gasteiger partial charge in [-0.1, -0.05) is 19.1 Å². The molecule has 1 aliphatic rings. The van der Waals surface area contributed by atoms with E-state index in [1.807, 2.05) is 19.1 Å². The summed E-state index contributed by atoms with van der Waals surface area (Å²) in [6, 6.07) is 6.33. The molecule has 17 heavy (non-hydrogen) atoms. The molecule has 1 atom stereocenters. The summed E-state index contributed by atoms with van der Waals surface area (Å²) in [4.78, 5) is 12.6. The lowest BCUT2D eigenvalue weighted by Crippen LogP contribution is -2.39. The number of fused-ring (bicyclic) bond motifs is 1. The summed E-state index contributed by atoms with van der Waals surface area (Å²) < 4.78 is 5.34. The van der Waals surface area contributed by atoms with Gasteiger partial charge in [0.1, 0.15) is 5.75 Å². The minimum Gasteiger partial charge on any atom is -0.496 e. The molecular formula is C13H17NO2S. The Morgan fingerprint density at radius 1 is 1.59 bits per heavy atom. The zero-order chi connectivity index (χ0) is 12.3. The number of amides is 1. The number of carbonyl (C=O) groups excluding carboxylic acids is 1. The zero-order valence-corrected chi connectivity index (χ0v) is 11.0. The number of hydrogen-bond donors (Lipinski definition) is 1. The molecule has 0 radical (unpaired) electrons. The van der Waals surface area contributed by atoms with Crippen molar-refractivity contribution in [2.24, 2.45) is 0 Å². The molecule has 0 spiro atoms. The molecule has 1 unspecified atom stereocenters. The van der Waals surface area contributed by atoms with Gasteiger partial charge in [-0.3, -0.25) is 4.79 Å². The van der Waals surface area contributed by atoms with Gasteiger partial charge in [0.25, 0.3) is 0 Å². The highest BCUT2D eigenvalue weighted by Crippen LogP contribution is 2.37. The number of methoxy groups -OCH3 is 1. The van der Waals surface area contributed by atoms with E-state index in [0.717, 1.165) is 17.9 Å². The van der Waals surface area contributed by atoms with Gasteiger partial charge in [-0.05, 0) is 18.1 Å². The van der Waals surface area contributed by atoms with Crippen LogP contribution < -0.4 is 10.1 Å². The van der Waals surface area contributed by atoms with Crippen molar-refractivity contribution >= 4 is 17.7 Å². The van der Waals surface area contributed by atoms with Crippen LogP contribution in [0.1, 0.15) is 18.9 Å². The van der Waals surface area contributed by atoms with E-state index >= 15 is 0 Å². The highest BCUT2D eigenvalue weighted by Gasteiger charge is 2.22. The lowest BCUT2D eigenvalue weighted by molar-refractivity contribution is -0.121. The van der Waals surface area contributed by atoms with Crippen LogP contribution in [0.3, 0.4) is 0 Å². The maximum Gasteiger partial charge on any atom is 0.219 e. The van der Waals surface area contributed by atoms with E-state index in [4.69, 9.17) is 4.74 Å². The van der Waals surface area contributed by atoms with Crippen molar-refractivity contribution in [3.63, 3.8) is 0 Å². The number of rotatable bonds is 3. The van der Waals surface area contributed by atoms with Gasteiger partial charge < -0.3 is 10.1 Å². The van der Waals surface area contributed by atoms with Crippen LogP contribution in [0.2, 0.25) is 0 Å². The van der Waals surface area contributed by atoms with Crippen LogP contribution in [0, 0.1) is 0 Å². The van der Waals surface area contributed by atoms with Crippen LogP contribution in [-0.2, 0) is 11.2 Å². The summed E-state index contributed by atoms with van der Waals surface area (Å²) in [5.74, 6) is 1.98. The molecule has 0 saturated carbocycles. The van der Waals surface area contributed by atoms with Gasteiger partial charge in [-0.2, -0.15) is 0 Å². The van der Waals surface area contributed by atoms with Crippen molar-refractivity contribution < 1.29 is 9.53 Å². The summed E-state index contributed by atoms with van der Waals surface area (Å²) in [7, 11) is 1.70. The van der Waals surface area contributed by atoms with E-state index < -0.39 is 0 Å². The van der Waals surface area contributed by atoms with Crippen molar-refractivity contribution in [2.75, 3.05) is 12.9 Å². The van der Waals surface area contributed by atoms with Gasteiger partial charge >= 0.3 is 0 Å². The first-order valence-corrected chi connectivity index (χ1v) is 6.81. The fourth-order valence-corrected chi connectivity index (χ4v) is 3.18. The van der Waals surface area contributed by atoms with E-state index in [2.05, 4.69) is 11.4 Å². The fraction of sp³-hybridized carbons (Fsp3) is 0.462. The Kier molecular flexibility index (Phi) is 3.94. The second kappa shape index (κ2) is 5.45. The van der Waals surface area contributed by atoms with Gasteiger partial charge in [-0.15, -0.1) is 11.8 Å². The molecule has 2 rings (SSSR count). The van der Waals surface area contributed by atoms with Crippen molar-refractivity contribution in [2.45, 2.75) is 30.7 Å². The van der Waals surface area contributed by atoms with E-state index in [-0.39, 0.29) is 11.9 Å². The lowest BCUT2D eigenvalue weighted by Gasteiger charge is -2.26. The van der Waals surface area contributed by atoms with Gasteiger partial charge in [0.15, 0.2) is 0 Å². The number of hydrogen-bond acceptors (Lipinski definition) is 3. The van der Waals surface area contributed by atoms with Crippen LogP contribution in [-0.4, -0.2) is 24.8 Å². The standard InChI is InChI=1S/C13H17NO2S/c1-3-12(15)14-10-7-9-5-4-6-11(16-2)13(9)17-8-10/h4-6,10H,3,7-8H2,1-2H3,(H,14,15). The summed E-state index contributed by atoms with van der Waals surface area (Å²) >= 11 is 1.76. The Morgan fingerprint density at radius 2 is 2.41 bits per heavy atom. The highest BCUT2D eigenvalue weighted by atomic mass is 32.2. The van der Waals surface area contributed by atoms with E-state index in [1.54, 1.807) is 18.9 Å². The van der Waals surface area contributed by atoms with E-state index in [1.165, 1.54) is 10.5 Å². The number of thioether (sulfide) groups is 1. The summed E-state index contributed by atoms with van der Waals surface area (Å²) in [5, 5.41) is 3.05.